The standard InChI is InChI=1S/C28H31N3O5/c1-5-21-8-10-22(11-9-21)26-19-23(29-30(26)24-13-15-25(35-4)16-14-24)12-7-20(3)31(34)27(32)17-18-28(33)36-6-2/h8-11,13-16,19-20,34H,5-6,17-18H2,1-4H3. The van der Waals surface area contributed by atoms with Crippen molar-refractivity contribution in [2.75, 3.05) is 13.7 Å². The number of hydrogen-bond donors (Lipinski definition) is 1. The van der Waals surface area contributed by atoms with Gasteiger partial charge in [-0.25, -0.2) is 9.75 Å². The number of amides is 1. The summed E-state index contributed by atoms with van der Waals surface area (Å²) in [6.45, 7) is 5.64. The number of benzene rings is 2. The summed E-state index contributed by atoms with van der Waals surface area (Å²) in [6.07, 6.45) is 0.685. The fourth-order valence-electron chi connectivity index (χ4n) is 3.49. The van der Waals surface area contributed by atoms with Crippen LogP contribution in [0.15, 0.2) is 54.6 Å². The van der Waals surface area contributed by atoms with Crippen LogP contribution in [0.4, 0.5) is 0 Å². The molecule has 36 heavy (non-hydrogen) atoms. The van der Waals surface area contributed by atoms with Gasteiger partial charge in [-0.05, 0) is 56.0 Å². The van der Waals surface area contributed by atoms with E-state index in [0.717, 1.165) is 29.1 Å². The predicted octanol–water partition coefficient (Wildman–Crippen LogP) is 4.41. The Morgan fingerprint density at radius 3 is 2.39 bits per heavy atom. The van der Waals surface area contributed by atoms with E-state index in [0.29, 0.717) is 10.8 Å². The molecular formula is C28H31N3O5. The maximum atomic E-state index is 12.2. The number of esters is 1. The van der Waals surface area contributed by atoms with Crippen LogP contribution in [0.3, 0.4) is 0 Å². The van der Waals surface area contributed by atoms with E-state index < -0.39 is 17.9 Å². The van der Waals surface area contributed by atoms with E-state index >= 15 is 0 Å². The fraction of sp³-hybridized carbons (Fsp3) is 0.321. The van der Waals surface area contributed by atoms with Crippen molar-refractivity contribution in [1.82, 2.24) is 14.8 Å². The Kier molecular flexibility index (Phi) is 9.25. The molecule has 0 saturated heterocycles. The van der Waals surface area contributed by atoms with E-state index in [1.165, 1.54) is 5.56 Å². The highest BCUT2D eigenvalue weighted by Crippen LogP contribution is 2.25. The zero-order valence-corrected chi connectivity index (χ0v) is 21.0. The van der Waals surface area contributed by atoms with Crippen molar-refractivity contribution in [1.29, 1.82) is 0 Å². The number of carbonyl (C=O) groups is 2. The van der Waals surface area contributed by atoms with Gasteiger partial charge in [-0.15, -0.1) is 0 Å². The molecule has 0 radical (unpaired) electrons. The molecule has 3 rings (SSSR count). The Balaban J connectivity index is 1.85. The first-order valence-electron chi connectivity index (χ1n) is 11.9. The molecule has 1 N–H and O–H groups in total. The van der Waals surface area contributed by atoms with Gasteiger partial charge in [-0.1, -0.05) is 37.1 Å². The molecule has 0 aliphatic carbocycles. The average molecular weight is 490 g/mol. The SMILES string of the molecule is CCOC(=O)CCC(=O)N(O)C(C)C#Cc1cc(-c2ccc(CC)cc2)n(-c2ccc(OC)cc2)n1. The summed E-state index contributed by atoms with van der Waals surface area (Å²) < 4.78 is 11.9. The molecule has 2 aromatic carbocycles. The zero-order valence-electron chi connectivity index (χ0n) is 21.0. The molecule has 1 aromatic heterocycles. The quantitative estimate of drug-likeness (QED) is 0.207. The number of nitrogens with zero attached hydrogens (tertiary/aromatic N) is 3. The molecule has 0 saturated carbocycles. The van der Waals surface area contributed by atoms with E-state index in [1.807, 2.05) is 42.5 Å². The fourth-order valence-corrected chi connectivity index (χ4v) is 3.49. The third-order valence-electron chi connectivity index (χ3n) is 5.56. The lowest BCUT2D eigenvalue weighted by atomic mass is 10.1. The van der Waals surface area contributed by atoms with Crippen molar-refractivity contribution >= 4 is 11.9 Å². The highest BCUT2D eigenvalue weighted by atomic mass is 16.5. The molecule has 1 heterocycles. The average Bonchev–Trinajstić information content (AvgIpc) is 3.34. The largest absolute Gasteiger partial charge is 0.497 e. The lowest BCUT2D eigenvalue weighted by molar-refractivity contribution is -0.171. The van der Waals surface area contributed by atoms with Gasteiger partial charge in [0.2, 0.25) is 5.91 Å². The molecule has 1 atom stereocenters. The van der Waals surface area contributed by atoms with Crippen LogP contribution >= 0.6 is 0 Å². The number of carbonyl (C=O) groups excluding carboxylic acids is 2. The minimum absolute atomic E-state index is 0.101. The van der Waals surface area contributed by atoms with Gasteiger partial charge in [-0.3, -0.25) is 14.8 Å². The van der Waals surface area contributed by atoms with Gasteiger partial charge in [0.25, 0.3) is 0 Å². The summed E-state index contributed by atoms with van der Waals surface area (Å²) in [4.78, 5) is 23.7. The molecular weight excluding hydrogens is 458 g/mol. The summed E-state index contributed by atoms with van der Waals surface area (Å²) in [5.41, 5.74) is 4.39. The van der Waals surface area contributed by atoms with Crippen molar-refractivity contribution in [2.45, 2.75) is 46.1 Å². The van der Waals surface area contributed by atoms with E-state index in [9.17, 15) is 14.8 Å². The summed E-state index contributed by atoms with van der Waals surface area (Å²) in [5.74, 6) is 5.47. The highest BCUT2D eigenvalue weighted by Gasteiger charge is 2.18. The van der Waals surface area contributed by atoms with Crippen LogP contribution in [0, 0.1) is 11.8 Å². The second-order valence-corrected chi connectivity index (χ2v) is 8.06. The Morgan fingerprint density at radius 1 is 1.08 bits per heavy atom. The number of rotatable bonds is 9. The molecule has 8 nitrogen and oxygen atoms in total. The Morgan fingerprint density at radius 2 is 1.78 bits per heavy atom. The van der Waals surface area contributed by atoms with E-state index in [-0.39, 0.29) is 19.4 Å². The van der Waals surface area contributed by atoms with Crippen LogP contribution in [0.5, 0.6) is 5.75 Å². The van der Waals surface area contributed by atoms with E-state index in [1.54, 1.807) is 25.6 Å². The van der Waals surface area contributed by atoms with Gasteiger partial charge in [0.05, 0.1) is 31.5 Å². The smallest absolute Gasteiger partial charge is 0.306 e. The maximum Gasteiger partial charge on any atom is 0.306 e. The van der Waals surface area contributed by atoms with Crippen molar-refractivity contribution in [3.63, 3.8) is 0 Å². The van der Waals surface area contributed by atoms with Crippen LogP contribution in [0.25, 0.3) is 16.9 Å². The van der Waals surface area contributed by atoms with Crippen LogP contribution in [-0.4, -0.2) is 51.7 Å². The molecule has 0 spiro atoms. The summed E-state index contributed by atoms with van der Waals surface area (Å²) >= 11 is 0. The monoisotopic (exact) mass is 489 g/mol. The Bertz CT molecular complexity index is 1170. The van der Waals surface area contributed by atoms with Gasteiger partial charge in [0.15, 0.2) is 0 Å². The van der Waals surface area contributed by atoms with Gasteiger partial charge < -0.3 is 9.47 Å². The van der Waals surface area contributed by atoms with E-state index in [2.05, 4.69) is 36.0 Å². The number of aryl methyl sites for hydroxylation is 1. The first-order chi connectivity index (χ1) is 17.4. The number of hydrogen-bond acceptors (Lipinski definition) is 6. The summed E-state index contributed by atoms with van der Waals surface area (Å²) in [7, 11) is 1.62. The first-order valence-corrected chi connectivity index (χ1v) is 11.9. The van der Waals surface area contributed by atoms with Crippen LogP contribution in [-0.2, 0) is 20.7 Å². The molecule has 1 unspecified atom stereocenters. The molecule has 0 aliphatic heterocycles. The summed E-state index contributed by atoms with van der Waals surface area (Å²) in [5, 5.41) is 15.4. The number of ether oxygens (including phenoxy) is 2. The van der Waals surface area contributed by atoms with Gasteiger partial charge in [0, 0.05) is 18.1 Å². The first kappa shape index (κ1) is 26.5. The second-order valence-electron chi connectivity index (χ2n) is 8.06. The number of methoxy groups -OCH3 is 1. The minimum Gasteiger partial charge on any atom is -0.497 e. The lowest BCUT2D eigenvalue weighted by Crippen LogP contribution is -2.35. The van der Waals surface area contributed by atoms with Gasteiger partial charge in [-0.2, -0.15) is 5.10 Å². The maximum absolute atomic E-state index is 12.2. The van der Waals surface area contributed by atoms with Crippen molar-refractivity contribution < 1.29 is 24.3 Å². The third kappa shape index (κ3) is 6.74. The van der Waals surface area contributed by atoms with Gasteiger partial charge >= 0.3 is 5.97 Å². The molecule has 1 amide bonds. The Hall–Kier alpha value is -4.09. The molecule has 0 bridgehead atoms. The van der Waals surface area contributed by atoms with Crippen molar-refractivity contribution in [3.05, 3.63) is 65.9 Å². The zero-order chi connectivity index (χ0) is 26.1. The predicted molar refractivity (Wildman–Crippen MR) is 136 cm³/mol. The van der Waals surface area contributed by atoms with Gasteiger partial charge in [0.1, 0.15) is 17.5 Å². The number of aromatic nitrogens is 2. The minimum atomic E-state index is -0.793. The van der Waals surface area contributed by atoms with Crippen LogP contribution in [0.1, 0.15) is 44.9 Å². The van der Waals surface area contributed by atoms with Crippen molar-refractivity contribution in [3.8, 4) is 34.5 Å². The number of hydroxylamine groups is 2. The molecule has 0 aliphatic rings. The topological polar surface area (TPSA) is 93.9 Å². The van der Waals surface area contributed by atoms with Crippen LogP contribution in [0.2, 0.25) is 0 Å². The van der Waals surface area contributed by atoms with Crippen LogP contribution < -0.4 is 4.74 Å². The lowest BCUT2D eigenvalue weighted by Gasteiger charge is -2.17. The normalized spacial score (nSPS) is 11.2. The Labute approximate surface area is 211 Å². The van der Waals surface area contributed by atoms with E-state index in [4.69, 9.17) is 9.47 Å². The molecule has 8 heteroatoms. The molecule has 3 aromatic rings. The molecule has 188 valence electrons. The summed E-state index contributed by atoms with van der Waals surface area (Å²) in [6, 6.07) is 16.9. The van der Waals surface area contributed by atoms with Crippen molar-refractivity contribution in [2.24, 2.45) is 0 Å². The second kappa shape index (κ2) is 12.6. The third-order valence-corrected chi connectivity index (χ3v) is 5.56. The molecule has 0 fully saturated rings. The highest BCUT2D eigenvalue weighted by molar-refractivity contribution is 5.81.